The van der Waals surface area contributed by atoms with E-state index in [1.165, 1.54) is 0 Å². The predicted octanol–water partition coefficient (Wildman–Crippen LogP) is 3.57. The lowest BCUT2D eigenvalue weighted by atomic mass is 9.80. The van der Waals surface area contributed by atoms with Crippen LogP contribution in [0.2, 0.25) is 0 Å². The Morgan fingerprint density at radius 2 is 1.75 bits per heavy atom. The zero-order valence-electron chi connectivity index (χ0n) is 16.8. The molecular formula is C19H38N2O3. The molecule has 5 nitrogen and oxygen atoms in total. The first-order valence-electron chi connectivity index (χ1n) is 9.39. The number of ether oxygens (including phenoxy) is 2. The SMILES string of the molecule is CCOC1CC(NC(=O)OC(C)(C)C)C1NCC(C(C)C)C(C)C. The van der Waals surface area contributed by atoms with Crippen LogP contribution in [0.15, 0.2) is 0 Å². The lowest BCUT2D eigenvalue weighted by Crippen LogP contribution is -2.66. The van der Waals surface area contributed by atoms with Crippen molar-refractivity contribution in [2.24, 2.45) is 17.8 Å². The van der Waals surface area contributed by atoms with E-state index < -0.39 is 5.60 Å². The topological polar surface area (TPSA) is 59.6 Å². The molecule has 0 aliphatic heterocycles. The molecule has 3 unspecified atom stereocenters. The normalized spacial score (nSPS) is 24.4. The van der Waals surface area contributed by atoms with Crippen molar-refractivity contribution in [1.82, 2.24) is 10.6 Å². The molecule has 2 N–H and O–H groups in total. The molecule has 1 aliphatic rings. The number of nitrogens with one attached hydrogen (secondary N) is 2. The van der Waals surface area contributed by atoms with Gasteiger partial charge in [0.1, 0.15) is 5.60 Å². The Balaban J connectivity index is 2.59. The molecule has 0 heterocycles. The van der Waals surface area contributed by atoms with Gasteiger partial charge in [0.15, 0.2) is 0 Å². The van der Waals surface area contributed by atoms with Gasteiger partial charge in [-0.1, -0.05) is 27.7 Å². The largest absolute Gasteiger partial charge is 0.444 e. The molecular weight excluding hydrogens is 304 g/mol. The van der Waals surface area contributed by atoms with Crippen molar-refractivity contribution in [3.63, 3.8) is 0 Å². The third-order valence-electron chi connectivity index (χ3n) is 4.71. The fraction of sp³-hybridized carbons (Fsp3) is 0.947. The minimum absolute atomic E-state index is 0.0661. The molecule has 1 fully saturated rings. The monoisotopic (exact) mass is 342 g/mol. The minimum Gasteiger partial charge on any atom is -0.444 e. The van der Waals surface area contributed by atoms with Gasteiger partial charge in [-0.2, -0.15) is 0 Å². The number of hydrogen-bond acceptors (Lipinski definition) is 4. The second kappa shape index (κ2) is 9.04. The van der Waals surface area contributed by atoms with E-state index in [9.17, 15) is 4.79 Å². The van der Waals surface area contributed by atoms with Crippen LogP contribution >= 0.6 is 0 Å². The third kappa shape index (κ3) is 6.60. The van der Waals surface area contributed by atoms with Crippen molar-refractivity contribution >= 4 is 6.09 Å². The van der Waals surface area contributed by atoms with Gasteiger partial charge in [0.05, 0.1) is 18.2 Å². The Hall–Kier alpha value is -0.810. The number of hydrogen-bond donors (Lipinski definition) is 2. The Bertz CT molecular complexity index is 383. The minimum atomic E-state index is -0.476. The molecule has 5 heteroatoms. The fourth-order valence-electron chi connectivity index (χ4n) is 3.39. The lowest BCUT2D eigenvalue weighted by Gasteiger charge is -2.45. The van der Waals surface area contributed by atoms with Crippen LogP contribution in [0.1, 0.15) is 61.8 Å². The summed E-state index contributed by atoms with van der Waals surface area (Å²) in [5.74, 6) is 1.86. The molecule has 0 aromatic rings. The number of amides is 1. The van der Waals surface area contributed by atoms with Crippen LogP contribution in [-0.4, -0.2) is 43.0 Å². The molecule has 0 bridgehead atoms. The summed E-state index contributed by atoms with van der Waals surface area (Å²) >= 11 is 0. The second-order valence-electron chi connectivity index (χ2n) is 8.57. The first kappa shape index (κ1) is 21.2. The maximum absolute atomic E-state index is 12.0. The van der Waals surface area contributed by atoms with E-state index in [0.29, 0.717) is 24.4 Å². The fourth-order valence-corrected chi connectivity index (χ4v) is 3.39. The molecule has 24 heavy (non-hydrogen) atoms. The van der Waals surface area contributed by atoms with Crippen LogP contribution < -0.4 is 10.6 Å². The van der Waals surface area contributed by atoms with Gasteiger partial charge in [-0.25, -0.2) is 4.79 Å². The molecule has 3 atom stereocenters. The number of carbonyl (C=O) groups excluding carboxylic acids is 1. The summed E-state index contributed by atoms with van der Waals surface area (Å²) in [7, 11) is 0. The number of alkyl carbamates (subject to hydrolysis) is 1. The van der Waals surface area contributed by atoms with Crippen LogP contribution in [0, 0.1) is 17.8 Å². The lowest BCUT2D eigenvalue weighted by molar-refractivity contribution is -0.0452. The van der Waals surface area contributed by atoms with Crippen molar-refractivity contribution in [3.05, 3.63) is 0 Å². The van der Waals surface area contributed by atoms with Gasteiger partial charge < -0.3 is 20.1 Å². The van der Waals surface area contributed by atoms with Gasteiger partial charge in [-0.05, 0) is 58.4 Å². The highest BCUT2D eigenvalue weighted by Gasteiger charge is 2.43. The average molecular weight is 343 g/mol. The first-order chi connectivity index (χ1) is 11.0. The summed E-state index contributed by atoms with van der Waals surface area (Å²) in [5, 5.41) is 6.63. The zero-order chi connectivity index (χ0) is 18.5. The molecule has 0 saturated heterocycles. The van der Waals surface area contributed by atoms with E-state index in [2.05, 4.69) is 38.3 Å². The highest BCUT2D eigenvalue weighted by molar-refractivity contribution is 5.68. The summed E-state index contributed by atoms with van der Waals surface area (Å²) in [5.41, 5.74) is -0.476. The quantitative estimate of drug-likeness (QED) is 0.708. The van der Waals surface area contributed by atoms with Gasteiger partial charge in [0.2, 0.25) is 0 Å². The maximum atomic E-state index is 12.0. The van der Waals surface area contributed by atoms with Gasteiger partial charge >= 0.3 is 6.09 Å². The van der Waals surface area contributed by atoms with E-state index in [1.54, 1.807) is 0 Å². The van der Waals surface area contributed by atoms with E-state index in [-0.39, 0.29) is 24.3 Å². The van der Waals surface area contributed by atoms with E-state index >= 15 is 0 Å². The molecule has 0 radical (unpaired) electrons. The van der Waals surface area contributed by atoms with Crippen LogP contribution in [0.25, 0.3) is 0 Å². The number of carbonyl (C=O) groups is 1. The van der Waals surface area contributed by atoms with Crippen LogP contribution in [0.4, 0.5) is 4.79 Å². The molecule has 0 aromatic heterocycles. The second-order valence-corrected chi connectivity index (χ2v) is 8.57. The average Bonchev–Trinajstić information content (AvgIpc) is 2.39. The van der Waals surface area contributed by atoms with Crippen LogP contribution in [0.3, 0.4) is 0 Å². The molecule has 0 spiro atoms. The summed E-state index contributed by atoms with van der Waals surface area (Å²) in [6.07, 6.45) is 0.645. The van der Waals surface area contributed by atoms with Crippen LogP contribution in [0.5, 0.6) is 0 Å². The molecule has 1 rings (SSSR count). The first-order valence-corrected chi connectivity index (χ1v) is 9.39. The van der Waals surface area contributed by atoms with Crippen molar-refractivity contribution < 1.29 is 14.3 Å². The van der Waals surface area contributed by atoms with E-state index in [1.807, 2.05) is 27.7 Å². The zero-order valence-corrected chi connectivity index (χ0v) is 16.8. The maximum Gasteiger partial charge on any atom is 0.407 e. The van der Waals surface area contributed by atoms with Crippen molar-refractivity contribution in [1.29, 1.82) is 0 Å². The van der Waals surface area contributed by atoms with Crippen molar-refractivity contribution in [2.45, 2.75) is 85.6 Å². The third-order valence-corrected chi connectivity index (χ3v) is 4.71. The molecule has 0 aromatic carbocycles. The van der Waals surface area contributed by atoms with Gasteiger partial charge in [-0.3, -0.25) is 0 Å². The Morgan fingerprint density at radius 1 is 1.17 bits per heavy atom. The summed E-state index contributed by atoms with van der Waals surface area (Å²) < 4.78 is 11.2. The summed E-state index contributed by atoms with van der Waals surface area (Å²) in [6.45, 7) is 18.3. The van der Waals surface area contributed by atoms with E-state index in [4.69, 9.17) is 9.47 Å². The Morgan fingerprint density at radius 3 is 2.21 bits per heavy atom. The molecule has 1 aliphatic carbocycles. The number of rotatable bonds is 8. The smallest absolute Gasteiger partial charge is 0.407 e. The highest BCUT2D eigenvalue weighted by Crippen LogP contribution is 2.27. The molecule has 1 saturated carbocycles. The van der Waals surface area contributed by atoms with Crippen molar-refractivity contribution in [3.8, 4) is 0 Å². The Kier molecular flexibility index (Phi) is 8.00. The van der Waals surface area contributed by atoms with Crippen molar-refractivity contribution in [2.75, 3.05) is 13.2 Å². The van der Waals surface area contributed by atoms with E-state index in [0.717, 1.165) is 13.0 Å². The van der Waals surface area contributed by atoms with Gasteiger partial charge in [-0.15, -0.1) is 0 Å². The summed E-state index contributed by atoms with van der Waals surface area (Å²) in [4.78, 5) is 12.0. The molecule has 142 valence electrons. The molecule has 1 amide bonds. The summed E-state index contributed by atoms with van der Waals surface area (Å²) in [6, 6.07) is 0.217. The standard InChI is InChI=1S/C19H38N2O3/c1-9-23-16-10-15(21-18(22)24-19(6,7)8)17(16)20-11-14(12(2)3)13(4)5/h12-17,20H,9-11H2,1-8H3,(H,21,22). The van der Waals surface area contributed by atoms with Gasteiger partial charge in [0.25, 0.3) is 0 Å². The highest BCUT2D eigenvalue weighted by atomic mass is 16.6. The Labute approximate surface area is 148 Å². The predicted molar refractivity (Wildman–Crippen MR) is 98.1 cm³/mol. The van der Waals surface area contributed by atoms with Gasteiger partial charge in [0, 0.05) is 6.61 Å². The van der Waals surface area contributed by atoms with Crippen LogP contribution in [-0.2, 0) is 9.47 Å².